The first-order valence-corrected chi connectivity index (χ1v) is 8.67. The fourth-order valence-electron chi connectivity index (χ4n) is 3.41. The fourth-order valence-corrected chi connectivity index (χ4v) is 3.41. The first-order valence-electron chi connectivity index (χ1n) is 8.67. The van der Waals surface area contributed by atoms with Gasteiger partial charge in [0.1, 0.15) is 5.75 Å². The summed E-state index contributed by atoms with van der Waals surface area (Å²) in [5.41, 5.74) is 2.56. The number of amides is 2. The van der Waals surface area contributed by atoms with E-state index in [1.807, 2.05) is 18.2 Å². The van der Waals surface area contributed by atoms with E-state index in [2.05, 4.69) is 6.58 Å². The molecule has 6 nitrogen and oxygen atoms in total. The third-order valence-corrected chi connectivity index (χ3v) is 4.77. The molecule has 2 aliphatic heterocycles. The summed E-state index contributed by atoms with van der Waals surface area (Å²) < 4.78 is 5.44. The van der Waals surface area contributed by atoms with E-state index in [4.69, 9.17) is 4.74 Å². The zero-order chi connectivity index (χ0) is 19.0. The van der Waals surface area contributed by atoms with Crippen molar-refractivity contribution in [3.05, 3.63) is 71.8 Å². The van der Waals surface area contributed by atoms with Gasteiger partial charge in [-0.05, 0) is 29.8 Å². The summed E-state index contributed by atoms with van der Waals surface area (Å²) in [4.78, 5) is 40.4. The van der Waals surface area contributed by atoms with E-state index in [-0.39, 0.29) is 30.7 Å². The fraction of sp³-hybridized carbons (Fsp3) is 0.190. The third kappa shape index (κ3) is 2.99. The van der Waals surface area contributed by atoms with Gasteiger partial charge in [0, 0.05) is 24.2 Å². The van der Waals surface area contributed by atoms with Crippen LogP contribution in [-0.4, -0.2) is 42.2 Å². The molecule has 2 aliphatic rings. The van der Waals surface area contributed by atoms with Gasteiger partial charge in [-0.1, -0.05) is 24.3 Å². The Morgan fingerprint density at radius 3 is 2.78 bits per heavy atom. The molecule has 0 aliphatic carbocycles. The number of rotatable bonds is 5. The molecule has 0 atom stereocenters. The highest BCUT2D eigenvalue weighted by Crippen LogP contribution is 2.33. The van der Waals surface area contributed by atoms with E-state index in [9.17, 15) is 14.4 Å². The Labute approximate surface area is 156 Å². The van der Waals surface area contributed by atoms with Crippen LogP contribution in [0, 0.1) is 0 Å². The van der Waals surface area contributed by atoms with Gasteiger partial charge in [0.05, 0.1) is 12.2 Å². The Morgan fingerprint density at radius 2 is 2.00 bits per heavy atom. The molecule has 0 bridgehead atoms. The van der Waals surface area contributed by atoms with Crippen LogP contribution in [0.5, 0.6) is 5.75 Å². The molecule has 2 aromatic carbocycles. The number of hydrogen-bond acceptors (Lipinski definition) is 4. The molecule has 136 valence electrons. The minimum Gasteiger partial charge on any atom is -0.482 e. The van der Waals surface area contributed by atoms with Crippen LogP contribution in [0.4, 0.5) is 5.69 Å². The number of ketones is 1. The van der Waals surface area contributed by atoms with Gasteiger partial charge in [-0.15, -0.1) is 6.58 Å². The molecular formula is C21H18N2O4. The lowest BCUT2D eigenvalue weighted by Gasteiger charge is -2.29. The minimum absolute atomic E-state index is 0.0113. The van der Waals surface area contributed by atoms with Crippen LogP contribution in [-0.2, 0) is 11.3 Å². The number of carbonyl (C=O) groups excluding carboxylic acids is 3. The van der Waals surface area contributed by atoms with Crippen molar-refractivity contribution in [1.29, 1.82) is 0 Å². The molecule has 0 fully saturated rings. The molecule has 0 saturated carbocycles. The lowest BCUT2D eigenvalue weighted by atomic mass is 10.1. The molecule has 6 heteroatoms. The zero-order valence-corrected chi connectivity index (χ0v) is 14.7. The van der Waals surface area contributed by atoms with Gasteiger partial charge in [0.2, 0.25) is 0 Å². The summed E-state index contributed by atoms with van der Waals surface area (Å²) in [5, 5.41) is 0. The van der Waals surface area contributed by atoms with Gasteiger partial charge in [-0.2, -0.15) is 0 Å². The molecule has 4 rings (SSSR count). The number of benzene rings is 2. The second-order valence-electron chi connectivity index (χ2n) is 6.51. The van der Waals surface area contributed by atoms with Crippen LogP contribution in [0.25, 0.3) is 0 Å². The Balaban J connectivity index is 1.56. The summed E-state index contributed by atoms with van der Waals surface area (Å²) in [5.74, 6) is 0.0501. The van der Waals surface area contributed by atoms with Gasteiger partial charge in [-0.25, -0.2) is 0 Å². The van der Waals surface area contributed by atoms with Crippen molar-refractivity contribution in [3.63, 3.8) is 0 Å². The van der Waals surface area contributed by atoms with Gasteiger partial charge >= 0.3 is 0 Å². The van der Waals surface area contributed by atoms with Crippen molar-refractivity contribution < 1.29 is 19.1 Å². The summed E-state index contributed by atoms with van der Waals surface area (Å²) in [6.07, 6.45) is 1.63. The molecule has 0 unspecified atom stereocenters. The van der Waals surface area contributed by atoms with E-state index in [1.54, 1.807) is 35.2 Å². The molecular weight excluding hydrogens is 344 g/mol. The normalized spacial score (nSPS) is 15.3. The van der Waals surface area contributed by atoms with Crippen molar-refractivity contribution >= 4 is 23.3 Å². The Kier molecular flexibility index (Phi) is 4.24. The van der Waals surface area contributed by atoms with Gasteiger partial charge < -0.3 is 14.5 Å². The molecule has 2 aromatic rings. The van der Waals surface area contributed by atoms with Crippen LogP contribution in [0.3, 0.4) is 0 Å². The largest absolute Gasteiger partial charge is 0.482 e. The first-order chi connectivity index (χ1) is 13.1. The van der Waals surface area contributed by atoms with Gasteiger partial charge in [-0.3, -0.25) is 14.4 Å². The third-order valence-electron chi connectivity index (χ3n) is 4.77. The van der Waals surface area contributed by atoms with Crippen LogP contribution < -0.4 is 9.64 Å². The van der Waals surface area contributed by atoms with E-state index in [0.29, 0.717) is 35.7 Å². The van der Waals surface area contributed by atoms with Crippen LogP contribution in [0.2, 0.25) is 0 Å². The number of ether oxygens (including phenoxy) is 1. The van der Waals surface area contributed by atoms with Gasteiger partial charge in [0.15, 0.2) is 12.4 Å². The second-order valence-corrected chi connectivity index (χ2v) is 6.51. The Bertz CT molecular complexity index is 966. The van der Waals surface area contributed by atoms with Gasteiger partial charge in [0.25, 0.3) is 11.8 Å². The van der Waals surface area contributed by atoms with Crippen LogP contribution >= 0.6 is 0 Å². The SMILES string of the molecule is C=CCN1C(=O)COc2ccc(C(=O)CN3Cc4ccccc4C3=O)cc21. The minimum atomic E-state index is -0.185. The quantitative estimate of drug-likeness (QED) is 0.605. The maximum Gasteiger partial charge on any atom is 0.265 e. The highest BCUT2D eigenvalue weighted by molar-refractivity contribution is 6.05. The van der Waals surface area contributed by atoms with Crippen LogP contribution in [0.1, 0.15) is 26.3 Å². The number of hydrogen-bond donors (Lipinski definition) is 0. The summed E-state index contributed by atoms with van der Waals surface area (Å²) in [7, 11) is 0. The average molecular weight is 362 g/mol. The summed E-state index contributed by atoms with van der Waals surface area (Å²) in [6.45, 7) is 4.39. The molecule has 0 aromatic heterocycles. The van der Waals surface area contributed by atoms with Crippen molar-refractivity contribution in [3.8, 4) is 5.75 Å². The summed E-state index contributed by atoms with van der Waals surface area (Å²) >= 11 is 0. The molecule has 2 amide bonds. The maximum atomic E-state index is 12.8. The highest BCUT2D eigenvalue weighted by Gasteiger charge is 2.30. The highest BCUT2D eigenvalue weighted by atomic mass is 16.5. The van der Waals surface area contributed by atoms with E-state index in [0.717, 1.165) is 5.56 Å². The Morgan fingerprint density at radius 1 is 1.19 bits per heavy atom. The predicted octanol–water partition coefficient (Wildman–Crippen LogP) is 2.44. The van der Waals surface area contributed by atoms with E-state index in [1.165, 1.54) is 4.90 Å². The number of anilines is 1. The number of carbonyl (C=O) groups is 3. The average Bonchev–Trinajstić information content (AvgIpc) is 2.99. The Hall–Kier alpha value is -3.41. The molecule has 0 saturated heterocycles. The molecule has 27 heavy (non-hydrogen) atoms. The predicted molar refractivity (Wildman–Crippen MR) is 100 cm³/mol. The van der Waals surface area contributed by atoms with Crippen molar-refractivity contribution in [2.75, 3.05) is 24.6 Å². The number of fused-ring (bicyclic) bond motifs is 2. The lowest BCUT2D eigenvalue weighted by molar-refractivity contribution is -0.121. The first kappa shape index (κ1) is 17.0. The number of nitrogens with zero attached hydrogens (tertiary/aromatic N) is 2. The molecule has 0 N–H and O–H groups in total. The summed E-state index contributed by atoms with van der Waals surface area (Å²) in [6, 6.07) is 12.4. The number of Topliss-reactive ketones (excluding diaryl/α,β-unsaturated/α-hetero) is 1. The standard InChI is InChI=1S/C21H18N2O4/c1-2-9-23-17-10-14(7-8-19(17)27-13-20(23)25)18(24)12-22-11-15-5-3-4-6-16(15)21(22)26/h2-8,10H,1,9,11-13H2. The monoisotopic (exact) mass is 362 g/mol. The second kappa shape index (κ2) is 6.72. The molecule has 2 heterocycles. The smallest absolute Gasteiger partial charge is 0.265 e. The van der Waals surface area contributed by atoms with Crippen molar-refractivity contribution in [2.45, 2.75) is 6.54 Å². The maximum absolute atomic E-state index is 12.8. The van der Waals surface area contributed by atoms with E-state index >= 15 is 0 Å². The lowest BCUT2D eigenvalue weighted by Crippen LogP contribution is -2.39. The zero-order valence-electron chi connectivity index (χ0n) is 14.7. The van der Waals surface area contributed by atoms with Crippen molar-refractivity contribution in [1.82, 2.24) is 4.90 Å². The van der Waals surface area contributed by atoms with E-state index < -0.39 is 0 Å². The molecule has 0 radical (unpaired) electrons. The topological polar surface area (TPSA) is 66.9 Å². The molecule has 0 spiro atoms. The van der Waals surface area contributed by atoms with Crippen LogP contribution in [0.15, 0.2) is 55.1 Å². The van der Waals surface area contributed by atoms with Crippen molar-refractivity contribution in [2.24, 2.45) is 0 Å².